The summed E-state index contributed by atoms with van der Waals surface area (Å²) in [7, 11) is 0. The minimum Gasteiger partial charge on any atom is -0.459 e. The van der Waals surface area contributed by atoms with Crippen LogP contribution in [-0.2, 0) is 0 Å². The van der Waals surface area contributed by atoms with E-state index in [4.69, 9.17) is 13.8 Å². The number of aryl methyl sites for hydroxylation is 3. The first-order valence-electron chi connectivity index (χ1n) is 11.0. The molecule has 5 rings (SSSR count). The highest BCUT2D eigenvalue weighted by atomic mass is 32.1. The smallest absolute Gasteiger partial charge is 0.266 e. The summed E-state index contributed by atoms with van der Waals surface area (Å²) < 4.78 is 11.2. The Morgan fingerprint density at radius 2 is 1.91 bits per heavy atom. The number of nitriles is 1. The molecular formula is C25H23N5O3S. The van der Waals surface area contributed by atoms with E-state index in [2.05, 4.69) is 43.1 Å². The fraction of sp³-hybridized carbons (Fsp3) is 0.280. The number of amides is 1. The van der Waals surface area contributed by atoms with Crippen molar-refractivity contribution in [2.45, 2.75) is 20.8 Å². The maximum atomic E-state index is 13.3. The first-order chi connectivity index (χ1) is 16.4. The fourth-order valence-electron chi connectivity index (χ4n) is 4.12. The van der Waals surface area contributed by atoms with Crippen LogP contribution in [0.15, 0.2) is 45.4 Å². The van der Waals surface area contributed by atoms with E-state index in [-0.39, 0.29) is 17.5 Å². The van der Waals surface area contributed by atoms with Crippen molar-refractivity contribution in [1.29, 1.82) is 5.26 Å². The largest absolute Gasteiger partial charge is 0.459 e. The van der Waals surface area contributed by atoms with E-state index in [0.717, 1.165) is 21.8 Å². The van der Waals surface area contributed by atoms with Gasteiger partial charge in [0.2, 0.25) is 11.6 Å². The Kier molecular flexibility index (Phi) is 5.67. The van der Waals surface area contributed by atoms with Gasteiger partial charge in [-0.15, -0.1) is 11.3 Å². The third kappa shape index (κ3) is 3.97. The molecule has 1 aliphatic rings. The standard InChI is InChI=1S/C25H23N5O3S/c1-15-6-7-18(16(2)13-15)23-27-17(3)21(34-23)24(31)29-8-10-30(11-9-29)25-19(14-26)28-22(33-25)20-5-4-12-32-20/h4-7,12-13H,8-11H2,1-3H3. The summed E-state index contributed by atoms with van der Waals surface area (Å²) in [5.74, 6) is 1.14. The van der Waals surface area contributed by atoms with Crippen molar-refractivity contribution in [3.05, 3.63) is 64.0 Å². The SMILES string of the molecule is Cc1ccc(-c2nc(C)c(C(=O)N3CCN(c4oc(-c5ccco5)nc4C#N)CC3)s2)c(C)c1. The summed E-state index contributed by atoms with van der Waals surface area (Å²) in [6.45, 7) is 8.11. The normalized spacial score (nSPS) is 13.8. The Balaban J connectivity index is 1.31. The lowest BCUT2D eigenvalue weighted by Crippen LogP contribution is -2.48. The van der Waals surface area contributed by atoms with Gasteiger partial charge < -0.3 is 18.6 Å². The highest BCUT2D eigenvalue weighted by Crippen LogP contribution is 2.32. The van der Waals surface area contributed by atoms with Crippen molar-refractivity contribution in [3.63, 3.8) is 0 Å². The lowest BCUT2D eigenvalue weighted by Gasteiger charge is -2.34. The number of hydrogen-bond acceptors (Lipinski definition) is 8. The molecule has 3 aromatic heterocycles. The van der Waals surface area contributed by atoms with Crippen LogP contribution in [0.4, 0.5) is 5.88 Å². The van der Waals surface area contributed by atoms with Gasteiger partial charge in [0.1, 0.15) is 16.0 Å². The molecule has 4 aromatic rings. The Bertz CT molecular complexity index is 1390. The molecule has 4 heterocycles. The zero-order chi connectivity index (χ0) is 23.8. The summed E-state index contributed by atoms with van der Waals surface area (Å²) in [5.41, 5.74) is 4.37. The molecule has 1 saturated heterocycles. The third-order valence-electron chi connectivity index (χ3n) is 5.90. The van der Waals surface area contributed by atoms with Crippen molar-refractivity contribution in [3.8, 4) is 28.3 Å². The van der Waals surface area contributed by atoms with Gasteiger partial charge in [0.25, 0.3) is 11.8 Å². The number of nitrogens with zero attached hydrogens (tertiary/aromatic N) is 5. The van der Waals surface area contributed by atoms with E-state index < -0.39 is 0 Å². The molecule has 1 amide bonds. The van der Waals surface area contributed by atoms with Gasteiger partial charge in [-0.3, -0.25) is 4.79 Å². The van der Waals surface area contributed by atoms with E-state index in [0.29, 0.717) is 42.7 Å². The zero-order valence-corrected chi connectivity index (χ0v) is 20.0. The summed E-state index contributed by atoms with van der Waals surface area (Å²) in [6.07, 6.45) is 1.53. The predicted molar refractivity (Wildman–Crippen MR) is 129 cm³/mol. The molecule has 0 saturated carbocycles. The van der Waals surface area contributed by atoms with Crippen molar-refractivity contribution < 1.29 is 13.6 Å². The van der Waals surface area contributed by atoms with E-state index in [1.54, 1.807) is 12.1 Å². The molecule has 1 fully saturated rings. The van der Waals surface area contributed by atoms with Gasteiger partial charge in [-0.1, -0.05) is 23.8 Å². The number of rotatable bonds is 4. The monoisotopic (exact) mass is 473 g/mol. The molecule has 1 aliphatic heterocycles. The number of hydrogen-bond donors (Lipinski definition) is 0. The number of furan rings is 1. The van der Waals surface area contributed by atoms with Crippen LogP contribution in [0.3, 0.4) is 0 Å². The van der Waals surface area contributed by atoms with Crippen LogP contribution in [0.1, 0.15) is 32.2 Å². The van der Waals surface area contributed by atoms with Crippen LogP contribution in [0.25, 0.3) is 22.2 Å². The van der Waals surface area contributed by atoms with Gasteiger partial charge in [0, 0.05) is 31.7 Å². The number of benzene rings is 1. The van der Waals surface area contributed by atoms with E-state index in [9.17, 15) is 10.1 Å². The van der Waals surface area contributed by atoms with E-state index >= 15 is 0 Å². The predicted octanol–water partition coefficient (Wildman–Crippen LogP) is 4.82. The quantitative estimate of drug-likeness (QED) is 0.419. The Morgan fingerprint density at radius 3 is 2.59 bits per heavy atom. The lowest BCUT2D eigenvalue weighted by atomic mass is 10.1. The molecule has 8 nitrogen and oxygen atoms in total. The number of thiazole rings is 1. The highest BCUT2D eigenvalue weighted by molar-refractivity contribution is 7.17. The molecule has 1 aromatic carbocycles. The number of carbonyl (C=O) groups excluding carboxylic acids is 1. The molecule has 0 unspecified atom stereocenters. The van der Waals surface area contributed by atoms with Crippen molar-refractivity contribution >= 4 is 23.1 Å². The molecule has 172 valence electrons. The number of aromatic nitrogens is 2. The average Bonchev–Trinajstić information content (AvgIpc) is 3.58. The Labute approximate surface area is 201 Å². The summed E-state index contributed by atoms with van der Waals surface area (Å²) in [4.78, 5) is 26.7. The Hall–Kier alpha value is -3.90. The number of anilines is 1. The third-order valence-corrected chi connectivity index (χ3v) is 7.08. The minimum absolute atomic E-state index is 0.0139. The number of piperazine rings is 1. The Morgan fingerprint density at radius 1 is 1.12 bits per heavy atom. The molecule has 0 bridgehead atoms. The molecule has 0 radical (unpaired) electrons. The molecule has 0 spiro atoms. The van der Waals surface area contributed by atoms with Crippen LogP contribution < -0.4 is 4.90 Å². The fourth-order valence-corrected chi connectivity index (χ4v) is 5.25. The highest BCUT2D eigenvalue weighted by Gasteiger charge is 2.29. The van der Waals surface area contributed by atoms with E-state index in [1.807, 2.05) is 16.7 Å². The van der Waals surface area contributed by atoms with Crippen molar-refractivity contribution in [1.82, 2.24) is 14.9 Å². The second kappa shape index (κ2) is 8.80. The maximum Gasteiger partial charge on any atom is 0.266 e. The lowest BCUT2D eigenvalue weighted by molar-refractivity contribution is 0.0749. The molecule has 0 atom stereocenters. The van der Waals surface area contributed by atoms with Gasteiger partial charge >= 0.3 is 0 Å². The molecule has 0 aliphatic carbocycles. The number of carbonyl (C=O) groups is 1. The van der Waals surface area contributed by atoms with Gasteiger partial charge in [-0.2, -0.15) is 10.2 Å². The van der Waals surface area contributed by atoms with Crippen LogP contribution in [0, 0.1) is 32.1 Å². The zero-order valence-electron chi connectivity index (χ0n) is 19.2. The molecule has 0 N–H and O–H groups in total. The van der Waals surface area contributed by atoms with Crippen LogP contribution in [-0.4, -0.2) is 47.0 Å². The summed E-state index contributed by atoms with van der Waals surface area (Å²) in [6, 6.07) is 11.8. The second-order valence-electron chi connectivity index (χ2n) is 8.29. The molecule has 34 heavy (non-hydrogen) atoms. The topological polar surface area (TPSA) is 99.4 Å². The summed E-state index contributed by atoms with van der Waals surface area (Å²) >= 11 is 1.44. The second-order valence-corrected chi connectivity index (χ2v) is 9.29. The minimum atomic E-state index is -0.0139. The van der Waals surface area contributed by atoms with Gasteiger partial charge in [-0.05, 0) is 38.5 Å². The van der Waals surface area contributed by atoms with Crippen molar-refractivity contribution in [2.24, 2.45) is 0 Å². The summed E-state index contributed by atoms with van der Waals surface area (Å²) in [5, 5.41) is 10.4. The van der Waals surface area contributed by atoms with Gasteiger partial charge in [0.15, 0.2) is 5.76 Å². The average molecular weight is 474 g/mol. The van der Waals surface area contributed by atoms with E-state index in [1.165, 1.54) is 23.2 Å². The molecule has 9 heteroatoms. The first kappa shape index (κ1) is 21.9. The number of oxazole rings is 1. The van der Waals surface area contributed by atoms with Gasteiger partial charge in [-0.25, -0.2) is 4.98 Å². The van der Waals surface area contributed by atoms with Gasteiger partial charge in [0.05, 0.1) is 12.0 Å². The van der Waals surface area contributed by atoms with Crippen molar-refractivity contribution in [2.75, 3.05) is 31.1 Å². The molecular weight excluding hydrogens is 450 g/mol. The van der Waals surface area contributed by atoms with Crippen LogP contribution in [0.2, 0.25) is 0 Å². The van der Waals surface area contributed by atoms with Crippen LogP contribution in [0.5, 0.6) is 0 Å². The first-order valence-corrected chi connectivity index (χ1v) is 11.8. The van der Waals surface area contributed by atoms with Crippen LogP contribution >= 0.6 is 11.3 Å². The maximum absolute atomic E-state index is 13.3.